The molecule has 1 N–H and O–H groups in total. The maximum absolute atomic E-state index is 10.1. The van der Waals surface area contributed by atoms with Crippen LogP contribution in [0, 0.1) is 6.92 Å². The van der Waals surface area contributed by atoms with Gasteiger partial charge in [-0.2, -0.15) is 0 Å². The van der Waals surface area contributed by atoms with Crippen LogP contribution in [0.5, 0.6) is 5.75 Å². The number of furan rings is 1. The summed E-state index contributed by atoms with van der Waals surface area (Å²) in [4.78, 5) is 4.10. The van der Waals surface area contributed by atoms with Crippen molar-refractivity contribution in [2.45, 2.75) is 6.92 Å². The summed E-state index contributed by atoms with van der Waals surface area (Å²) in [5.41, 5.74) is 1.41. The Labute approximate surface area is 109 Å². The Morgan fingerprint density at radius 2 is 2.17 bits per heavy atom. The molecule has 3 rings (SSSR count). The molecule has 0 bridgehead atoms. The summed E-state index contributed by atoms with van der Waals surface area (Å²) in [5.74, 6) is 0.756. The van der Waals surface area contributed by atoms with Crippen molar-refractivity contribution >= 4 is 22.4 Å². The molecule has 0 fully saturated rings. The standard InChI is InChI=1S/C14H10ClNO2/c1-8-13(17)12-10(6-16-8)7-18-14(12)9-3-2-4-11(15)5-9/h2-7,17H,1H3. The lowest BCUT2D eigenvalue weighted by Crippen LogP contribution is -1.83. The molecule has 0 spiro atoms. The molecule has 0 aliphatic carbocycles. The number of aromatic hydroxyl groups is 1. The van der Waals surface area contributed by atoms with Gasteiger partial charge < -0.3 is 9.52 Å². The quantitative estimate of drug-likeness (QED) is 0.714. The fraction of sp³-hybridized carbons (Fsp3) is 0.0714. The van der Waals surface area contributed by atoms with Crippen LogP contribution >= 0.6 is 11.6 Å². The number of pyridine rings is 1. The molecule has 0 amide bonds. The maximum Gasteiger partial charge on any atom is 0.148 e. The number of hydrogen-bond donors (Lipinski definition) is 1. The van der Waals surface area contributed by atoms with Gasteiger partial charge in [-0.3, -0.25) is 4.98 Å². The van der Waals surface area contributed by atoms with Crippen LogP contribution < -0.4 is 0 Å². The first kappa shape index (κ1) is 11.1. The molecule has 4 heteroatoms. The minimum absolute atomic E-state index is 0.149. The molecule has 0 atom stereocenters. The van der Waals surface area contributed by atoms with Gasteiger partial charge in [-0.1, -0.05) is 23.7 Å². The predicted octanol–water partition coefficient (Wildman–Crippen LogP) is 4.16. The van der Waals surface area contributed by atoms with E-state index in [1.807, 2.05) is 12.1 Å². The number of fused-ring (bicyclic) bond motifs is 1. The van der Waals surface area contributed by atoms with Gasteiger partial charge in [-0.25, -0.2) is 0 Å². The summed E-state index contributed by atoms with van der Waals surface area (Å²) < 4.78 is 5.53. The van der Waals surface area contributed by atoms with E-state index < -0.39 is 0 Å². The first-order valence-electron chi connectivity index (χ1n) is 5.48. The summed E-state index contributed by atoms with van der Waals surface area (Å²) in [6.45, 7) is 1.75. The largest absolute Gasteiger partial charge is 0.505 e. The second-order valence-corrected chi connectivity index (χ2v) is 4.53. The van der Waals surface area contributed by atoms with Crippen molar-refractivity contribution in [3.63, 3.8) is 0 Å². The van der Waals surface area contributed by atoms with Crippen LogP contribution in [0.15, 0.2) is 41.1 Å². The van der Waals surface area contributed by atoms with Crippen molar-refractivity contribution in [1.29, 1.82) is 0 Å². The summed E-state index contributed by atoms with van der Waals surface area (Å²) >= 11 is 5.97. The molecule has 0 aliphatic heterocycles. The van der Waals surface area contributed by atoms with Crippen molar-refractivity contribution in [2.24, 2.45) is 0 Å². The summed E-state index contributed by atoms with van der Waals surface area (Å²) in [6, 6.07) is 7.33. The van der Waals surface area contributed by atoms with Crippen LogP contribution in [0.3, 0.4) is 0 Å². The van der Waals surface area contributed by atoms with Crippen molar-refractivity contribution in [3.05, 3.63) is 47.4 Å². The van der Waals surface area contributed by atoms with E-state index >= 15 is 0 Å². The van der Waals surface area contributed by atoms with Gasteiger partial charge in [0.25, 0.3) is 0 Å². The number of aryl methyl sites for hydroxylation is 1. The van der Waals surface area contributed by atoms with E-state index in [1.165, 1.54) is 0 Å². The minimum Gasteiger partial charge on any atom is -0.505 e. The van der Waals surface area contributed by atoms with Crippen LogP contribution in [0.2, 0.25) is 5.02 Å². The lowest BCUT2D eigenvalue weighted by atomic mass is 10.1. The van der Waals surface area contributed by atoms with Gasteiger partial charge in [0.15, 0.2) is 0 Å². The van der Waals surface area contributed by atoms with Crippen LogP contribution in [0.1, 0.15) is 5.69 Å². The van der Waals surface area contributed by atoms with Crippen LogP contribution in [0.4, 0.5) is 0 Å². The molecule has 3 aromatic rings. The molecule has 2 aromatic heterocycles. The summed E-state index contributed by atoms with van der Waals surface area (Å²) in [5, 5.41) is 12.2. The smallest absolute Gasteiger partial charge is 0.148 e. The van der Waals surface area contributed by atoms with E-state index in [2.05, 4.69) is 4.98 Å². The molecular weight excluding hydrogens is 250 g/mol. The highest BCUT2D eigenvalue weighted by atomic mass is 35.5. The Bertz CT molecular complexity index is 734. The van der Waals surface area contributed by atoms with Crippen LogP contribution in [0.25, 0.3) is 22.1 Å². The van der Waals surface area contributed by atoms with Crippen LogP contribution in [-0.2, 0) is 0 Å². The lowest BCUT2D eigenvalue weighted by molar-refractivity contribution is 0.474. The molecule has 0 unspecified atom stereocenters. The molecule has 2 heterocycles. The van der Waals surface area contributed by atoms with E-state index in [1.54, 1.807) is 31.5 Å². The normalized spacial score (nSPS) is 11.0. The topological polar surface area (TPSA) is 46.3 Å². The Hall–Kier alpha value is -2.00. The van der Waals surface area contributed by atoms with E-state index in [0.717, 1.165) is 10.9 Å². The Balaban J connectivity index is 2.33. The second-order valence-electron chi connectivity index (χ2n) is 4.10. The summed E-state index contributed by atoms with van der Waals surface area (Å²) in [7, 11) is 0. The van der Waals surface area contributed by atoms with Crippen molar-refractivity contribution < 1.29 is 9.52 Å². The first-order valence-corrected chi connectivity index (χ1v) is 5.86. The third-order valence-electron chi connectivity index (χ3n) is 2.88. The second kappa shape index (κ2) is 4.03. The first-order chi connectivity index (χ1) is 8.66. The number of aromatic nitrogens is 1. The molecular formula is C14H10ClNO2. The highest BCUT2D eigenvalue weighted by molar-refractivity contribution is 6.30. The van der Waals surface area contributed by atoms with Gasteiger partial charge >= 0.3 is 0 Å². The molecule has 1 aromatic carbocycles. The van der Waals surface area contributed by atoms with Gasteiger partial charge in [0.1, 0.15) is 17.8 Å². The van der Waals surface area contributed by atoms with Gasteiger partial charge in [0.2, 0.25) is 0 Å². The van der Waals surface area contributed by atoms with Crippen molar-refractivity contribution in [3.8, 4) is 17.1 Å². The fourth-order valence-electron chi connectivity index (χ4n) is 1.96. The lowest BCUT2D eigenvalue weighted by Gasteiger charge is -2.02. The summed E-state index contributed by atoms with van der Waals surface area (Å²) in [6.07, 6.45) is 3.26. The van der Waals surface area contributed by atoms with Gasteiger partial charge in [-0.05, 0) is 19.1 Å². The average Bonchev–Trinajstić information content (AvgIpc) is 2.78. The monoisotopic (exact) mass is 259 g/mol. The number of nitrogens with zero attached hydrogens (tertiary/aromatic N) is 1. The van der Waals surface area contributed by atoms with Crippen molar-refractivity contribution in [2.75, 3.05) is 0 Å². The zero-order chi connectivity index (χ0) is 12.7. The van der Waals surface area contributed by atoms with Crippen LogP contribution in [-0.4, -0.2) is 10.1 Å². The van der Waals surface area contributed by atoms with Gasteiger partial charge in [0, 0.05) is 22.2 Å². The molecule has 0 saturated carbocycles. The minimum atomic E-state index is 0.149. The Kier molecular flexibility index (Phi) is 2.49. The zero-order valence-corrected chi connectivity index (χ0v) is 10.4. The van der Waals surface area contributed by atoms with Crippen molar-refractivity contribution in [1.82, 2.24) is 4.98 Å². The number of benzene rings is 1. The molecule has 0 aliphatic rings. The molecule has 3 nitrogen and oxygen atoms in total. The van der Waals surface area contributed by atoms with E-state index in [9.17, 15) is 5.11 Å². The predicted molar refractivity (Wildman–Crippen MR) is 70.9 cm³/mol. The highest BCUT2D eigenvalue weighted by Gasteiger charge is 2.15. The maximum atomic E-state index is 10.1. The third kappa shape index (κ3) is 1.64. The van der Waals surface area contributed by atoms with E-state index in [-0.39, 0.29) is 5.75 Å². The Morgan fingerprint density at radius 3 is 2.94 bits per heavy atom. The number of hydrogen-bond acceptors (Lipinski definition) is 3. The highest BCUT2D eigenvalue weighted by Crippen LogP contribution is 2.37. The molecule has 18 heavy (non-hydrogen) atoms. The number of rotatable bonds is 1. The molecule has 90 valence electrons. The molecule has 0 saturated heterocycles. The fourth-order valence-corrected chi connectivity index (χ4v) is 2.15. The SMILES string of the molecule is Cc1ncc2coc(-c3cccc(Cl)c3)c2c1O. The van der Waals surface area contributed by atoms with E-state index in [0.29, 0.717) is 21.9 Å². The number of halogens is 1. The molecule has 0 radical (unpaired) electrons. The average molecular weight is 260 g/mol. The Morgan fingerprint density at radius 1 is 1.33 bits per heavy atom. The van der Waals surface area contributed by atoms with E-state index in [4.69, 9.17) is 16.0 Å². The zero-order valence-electron chi connectivity index (χ0n) is 9.64. The van der Waals surface area contributed by atoms with Gasteiger partial charge in [-0.15, -0.1) is 0 Å². The third-order valence-corrected chi connectivity index (χ3v) is 3.12. The van der Waals surface area contributed by atoms with Gasteiger partial charge in [0.05, 0.1) is 11.1 Å².